The standard InChI is InChI=1S/C23H29NO2/c1-18-17-24(22(26)13-6-10-19-8-4-3-5-9-19)15-14-23(18,2)20-11-7-12-21(25)16-20/h3-5,7-9,11-12,16,18,25H,6,10,13-15,17H2,1-2H3/t18-,23+/m0/s1. The summed E-state index contributed by atoms with van der Waals surface area (Å²) in [6.45, 7) is 6.05. The number of aromatic hydroxyl groups is 1. The summed E-state index contributed by atoms with van der Waals surface area (Å²) in [6, 6.07) is 17.9. The Labute approximate surface area is 156 Å². The molecule has 2 aromatic rings. The van der Waals surface area contributed by atoms with Crippen LogP contribution in [-0.2, 0) is 16.6 Å². The van der Waals surface area contributed by atoms with Crippen molar-refractivity contribution in [2.45, 2.75) is 44.9 Å². The predicted molar refractivity (Wildman–Crippen MR) is 105 cm³/mol. The fourth-order valence-corrected chi connectivity index (χ4v) is 4.00. The molecule has 3 rings (SSSR count). The van der Waals surface area contributed by atoms with Gasteiger partial charge in [0.05, 0.1) is 0 Å². The van der Waals surface area contributed by atoms with Crippen molar-refractivity contribution in [2.75, 3.05) is 13.1 Å². The molecule has 0 aromatic heterocycles. The molecule has 1 aliphatic rings. The molecule has 1 saturated heterocycles. The quantitative estimate of drug-likeness (QED) is 0.859. The highest BCUT2D eigenvalue weighted by Gasteiger charge is 2.39. The van der Waals surface area contributed by atoms with Gasteiger partial charge in [-0.3, -0.25) is 4.79 Å². The molecule has 0 aliphatic carbocycles. The van der Waals surface area contributed by atoms with Crippen LogP contribution in [0.5, 0.6) is 5.75 Å². The number of likely N-dealkylation sites (tertiary alicyclic amines) is 1. The minimum atomic E-state index is -0.000438. The minimum absolute atomic E-state index is 0.000438. The van der Waals surface area contributed by atoms with Crippen LogP contribution in [0.4, 0.5) is 0 Å². The van der Waals surface area contributed by atoms with Crippen LogP contribution in [-0.4, -0.2) is 29.0 Å². The first kappa shape index (κ1) is 18.5. The van der Waals surface area contributed by atoms with Gasteiger partial charge in [0.25, 0.3) is 0 Å². The molecule has 1 aliphatic heterocycles. The van der Waals surface area contributed by atoms with Crippen LogP contribution in [0.1, 0.15) is 44.2 Å². The van der Waals surface area contributed by atoms with Crippen molar-refractivity contribution >= 4 is 5.91 Å². The third-order valence-electron chi connectivity index (χ3n) is 6.04. The van der Waals surface area contributed by atoms with Gasteiger partial charge >= 0.3 is 0 Å². The van der Waals surface area contributed by atoms with E-state index >= 15 is 0 Å². The lowest BCUT2D eigenvalue weighted by atomic mass is 9.68. The zero-order valence-electron chi connectivity index (χ0n) is 15.8. The molecule has 1 N–H and O–H groups in total. The molecule has 3 nitrogen and oxygen atoms in total. The van der Waals surface area contributed by atoms with Gasteiger partial charge in [0, 0.05) is 19.5 Å². The largest absolute Gasteiger partial charge is 0.508 e. The van der Waals surface area contributed by atoms with Crippen LogP contribution >= 0.6 is 0 Å². The molecule has 2 atom stereocenters. The van der Waals surface area contributed by atoms with E-state index in [-0.39, 0.29) is 11.3 Å². The molecule has 0 radical (unpaired) electrons. The third kappa shape index (κ3) is 4.09. The Morgan fingerprint density at radius 2 is 1.96 bits per heavy atom. The molecule has 1 heterocycles. The van der Waals surface area contributed by atoms with E-state index in [0.717, 1.165) is 32.4 Å². The van der Waals surface area contributed by atoms with Crippen molar-refractivity contribution in [3.8, 4) is 5.75 Å². The fraction of sp³-hybridized carbons (Fsp3) is 0.435. The minimum Gasteiger partial charge on any atom is -0.508 e. The number of piperidine rings is 1. The Balaban J connectivity index is 1.55. The number of hydrogen-bond donors (Lipinski definition) is 1. The van der Waals surface area contributed by atoms with Gasteiger partial charge in [0.15, 0.2) is 0 Å². The van der Waals surface area contributed by atoms with Gasteiger partial charge in [0.1, 0.15) is 5.75 Å². The number of benzene rings is 2. The molecule has 1 fully saturated rings. The van der Waals surface area contributed by atoms with Gasteiger partial charge < -0.3 is 10.0 Å². The van der Waals surface area contributed by atoms with Crippen LogP contribution in [0.3, 0.4) is 0 Å². The Morgan fingerprint density at radius 3 is 2.65 bits per heavy atom. The molecule has 3 heteroatoms. The summed E-state index contributed by atoms with van der Waals surface area (Å²) in [4.78, 5) is 14.6. The number of hydrogen-bond acceptors (Lipinski definition) is 2. The van der Waals surface area contributed by atoms with Crippen LogP contribution in [0.25, 0.3) is 0 Å². The molecule has 138 valence electrons. The van der Waals surface area contributed by atoms with E-state index in [9.17, 15) is 9.90 Å². The molecule has 1 amide bonds. The summed E-state index contributed by atoms with van der Waals surface area (Å²) in [5, 5.41) is 9.81. The van der Waals surface area contributed by atoms with Crippen LogP contribution < -0.4 is 0 Å². The summed E-state index contributed by atoms with van der Waals surface area (Å²) in [5.41, 5.74) is 2.46. The van der Waals surface area contributed by atoms with Crippen molar-refractivity contribution < 1.29 is 9.90 Å². The number of amides is 1. The number of carbonyl (C=O) groups excluding carboxylic acids is 1. The van der Waals surface area contributed by atoms with Gasteiger partial charge in [-0.15, -0.1) is 0 Å². The second-order valence-corrected chi connectivity index (χ2v) is 7.80. The van der Waals surface area contributed by atoms with Gasteiger partial charge in [-0.2, -0.15) is 0 Å². The monoisotopic (exact) mass is 351 g/mol. The highest BCUT2D eigenvalue weighted by atomic mass is 16.3. The van der Waals surface area contributed by atoms with E-state index in [1.165, 1.54) is 11.1 Å². The summed E-state index contributed by atoms with van der Waals surface area (Å²) in [6.07, 6.45) is 3.40. The van der Waals surface area contributed by atoms with Crippen molar-refractivity contribution in [1.82, 2.24) is 4.90 Å². The topological polar surface area (TPSA) is 40.5 Å². The van der Waals surface area contributed by atoms with Crippen LogP contribution in [0, 0.1) is 5.92 Å². The molecule has 0 bridgehead atoms. The van der Waals surface area contributed by atoms with Crippen LogP contribution in [0.15, 0.2) is 54.6 Å². The van der Waals surface area contributed by atoms with E-state index in [1.54, 1.807) is 6.07 Å². The summed E-state index contributed by atoms with van der Waals surface area (Å²) < 4.78 is 0. The van der Waals surface area contributed by atoms with Crippen molar-refractivity contribution in [1.29, 1.82) is 0 Å². The number of rotatable bonds is 5. The number of nitrogens with zero attached hydrogens (tertiary/aromatic N) is 1. The first-order valence-corrected chi connectivity index (χ1v) is 9.60. The lowest BCUT2D eigenvalue weighted by molar-refractivity contribution is -0.134. The SMILES string of the molecule is C[C@H]1CN(C(=O)CCCc2ccccc2)CC[C@@]1(C)c1cccc(O)c1. The van der Waals surface area contributed by atoms with Gasteiger partial charge in [-0.1, -0.05) is 56.3 Å². The third-order valence-corrected chi connectivity index (χ3v) is 6.04. The normalized spacial score (nSPS) is 23.0. The van der Waals surface area contributed by atoms with E-state index < -0.39 is 0 Å². The molecule has 0 saturated carbocycles. The molecule has 26 heavy (non-hydrogen) atoms. The van der Waals surface area contributed by atoms with Gasteiger partial charge in [-0.25, -0.2) is 0 Å². The molecule has 2 aromatic carbocycles. The lowest BCUT2D eigenvalue weighted by Crippen LogP contribution is -2.49. The Kier molecular flexibility index (Phi) is 5.65. The first-order chi connectivity index (χ1) is 12.5. The Morgan fingerprint density at radius 1 is 1.19 bits per heavy atom. The van der Waals surface area contributed by atoms with Gasteiger partial charge in [-0.05, 0) is 53.9 Å². The Hall–Kier alpha value is -2.29. The van der Waals surface area contributed by atoms with E-state index in [0.29, 0.717) is 18.1 Å². The predicted octanol–water partition coefficient (Wildman–Crippen LogP) is 4.54. The second kappa shape index (κ2) is 7.94. The maximum Gasteiger partial charge on any atom is 0.222 e. The maximum absolute atomic E-state index is 12.6. The summed E-state index contributed by atoms with van der Waals surface area (Å²) in [5.74, 6) is 0.942. The highest BCUT2D eigenvalue weighted by Crippen LogP contribution is 2.40. The fourth-order valence-electron chi connectivity index (χ4n) is 4.00. The number of aryl methyl sites for hydroxylation is 1. The zero-order chi connectivity index (χ0) is 18.6. The highest BCUT2D eigenvalue weighted by molar-refractivity contribution is 5.76. The van der Waals surface area contributed by atoms with Crippen molar-refractivity contribution in [3.05, 3.63) is 65.7 Å². The smallest absolute Gasteiger partial charge is 0.222 e. The number of phenols is 1. The van der Waals surface area contributed by atoms with E-state index in [4.69, 9.17) is 0 Å². The number of carbonyl (C=O) groups is 1. The first-order valence-electron chi connectivity index (χ1n) is 9.60. The molecular weight excluding hydrogens is 322 g/mol. The molecule has 0 unspecified atom stereocenters. The Bertz CT molecular complexity index is 743. The van der Waals surface area contributed by atoms with E-state index in [2.05, 4.69) is 32.0 Å². The average molecular weight is 351 g/mol. The van der Waals surface area contributed by atoms with Crippen molar-refractivity contribution in [2.24, 2.45) is 5.92 Å². The van der Waals surface area contributed by atoms with Crippen molar-refractivity contribution in [3.63, 3.8) is 0 Å². The molecular formula is C23H29NO2. The average Bonchev–Trinajstić information content (AvgIpc) is 2.65. The van der Waals surface area contributed by atoms with E-state index in [1.807, 2.05) is 35.2 Å². The number of phenolic OH excluding ortho intramolecular Hbond substituents is 1. The van der Waals surface area contributed by atoms with Crippen LogP contribution in [0.2, 0.25) is 0 Å². The summed E-state index contributed by atoms with van der Waals surface area (Å²) in [7, 11) is 0. The summed E-state index contributed by atoms with van der Waals surface area (Å²) >= 11 is 0. The second-order valence-electron chi connectivity index (χ2n) is 7.80. The zero-order valence-corrected chi connectivity index (χ0v) is 15.8. The van der Waals surface area contributed by atoms with Gasteiger partial charge in [0.2, 0.25) is 5.91 Å². The molecule has 0 spiro atoms. The lowest BCUT2D eigenvalue weighted by Gasteiger charge is -2.45. The maximum atomic E-state index is 12.6.